The highest BCUT2D eigenvalue weighted by Gasteiger charge is 2.40. The number of nitrogens with one attached hydrogen (secondary N) is 1. The second-order valence-corrected chi connectivity index (χ2v) is 10.1. The Morgan fingerprint density at radius 1 is 0.966 bits per heavy atom. The number of rotatable bonds is 5. The SMILES string of the molecule is Cc1ccc(S(=O)(=O)N2CCCCC2)cc1C(=O)NC1(c2ccccc2)CCC1. The summed E-state index contributed by atoms with van der Waals surface area (Å²) in [5.74, 6) is -0.207. The Hall–Kier alpha value is -2.18. The third kappa shape index (κ3) is 3.83. The highest BCUT2D eigenvalue weighted by molar-refractivity contribution is 7.89. The summed E-state index contributed by atoms with van der Waals surface area (Å²) in [4.78, 5) is 13.4. The van der Waals surface area contributed by atoms with Gasteiger partial charge in [0.1, 0.15) is 0 Å². The van der Waals surface area contributed by atoms with E-state index in [0.29, 0.717) is 18.7 Å². The molecule has 0 aromatic heterocycles. The number of hydrogen-bond donors (Lipinski definition) is 1. The van der Waals surface area contributed by atoms with Crippen LogP contribution < -0.4 is 5.32 Å². The molecule has 29 heavy (non-hydrogen) atoms. The Morgan fingerprint density at radius 3 is 2.28 bits per heavy atom. The first-order chi connectivity index (χ1) is 13.9. The largest absolute Gasteiger partial charge is 0.343 e. The van der Waals surface area contributed by atoms with Crippen molar-refractivity contribution in [2.75, 3.05) is 13.1 Å². The van der Waals surface area contributed by atoms with E-state index in [1.807, 2.05) is 37.3 Å². The van der Waals surface area contributed by atoms with Crippen molar-refractivity contribution >= 4 is 15.9 Å². The molecule has 2 aliphatic rings. The van der Waals surface area contributed by atoms with Crippen molar-refractivity contribution in [3.05, 3.63) is 65.2 Å². The molecule has 5 nitrogen and oxygen atoms in total. The molecular weight excluding hydrogens is 384 g/mol. The number of amides is 1. The van der Waals surface area contributed by atoms with E-state index in [9.17, 15) is 13.2 Å². The molecule has 1 N–H and O–H groups in total. The summed E-state index contributed by atoms with van der Waals surface area (Å²) < 4.78 is 27.6. The lowest BCUT2D eigenvalue weighted by atomic mass is 9.71. The first kappa shape index (κ1) is 20.1. The van der Waals surface area contributed by atoms with Crippen LogP contribution in [0, 0.1) is 6.92 Å². The van der Waals surface area contributed by atoms with Crippen LogP contribution in [0.1, 0.15) is 60.0 Å². The van der Waals surface area contributed by atoms with E-state index >= 15 is 0 Å². The van der Waals surface area contributed by atoms with Gasteiger partial charge in [0.05, 0.1) is 10.4 Å². The van der Waals surface area contributed by atoms with Gasteiger partial charge in [-0.25, -0.2) is 8.42 Å². The van der Waals surface area contributed by atoms with Gasteiger partial charge in [-0.3, -0.25) is 4.79 Å². The van der Waals surface area contributed by atoms with Gasteiger partial charge in [0, 0.05) is 18.7 Å². The first-order valence-corrected chi connectivity index (χ1v) is 11.9. The lowest BCUT2D eigenvalue weighted by molar-refractivity contribution is 0.0822. The summed E-state index contributed by atoms with van der Waals surface area (Å²) in [7, 11) is -3.57. The minimum atomic E-state index is -3.57. The Labute approximate surface area is 173 Å². The smallest absolute Gasteiger partial charge is 0.252 e. The lowest BCUT2D eigenvalue weighted by Gasteiger charge is -2.43. The Kier molecular flexibility index (Phi) is 5.49. The standard InChI is InChI=1S/C23H28N2O3S/c1-18-11-12-20(29(27,28)25-15-6-3-7-16-25)17-21(18)22(26)24-23(13-8-14-23)19-9-4-2-5-10-19/h2,4-5,9-12,17H,3,6-8,13-16H2,1H3,(H,24,26). The van der Waals surface area contributed by atoms with Gasteiger partial charge >= 0.3 is 0 Å². The molecule has 1 amide bonds. The molecule has 4 rings (SSSR count). The van der Waals surface area contributed by atoms with Crippen LogP contribution in [-0.4, -0.2) is 31.7 Å². The fourth-order valence-electron chi connectivity index (χ4n) is 4.32. The van der Waals surface area contributed by atoms with Gasteiger partial charge < -0.3 is 5.32 Å². The number of benzene rings is 2. The van der Waals surface area contributed by atoms with Crippen LogP contribution in [-0.2, 0) is 15.6 Å². The second kappa shape index (κ2) is 7.92. The van der Waals surface area contributed by atoms with Crippen molar-refractivity contribution < 1.29 is 13.2 Å². The molecule has 0 unspecified atom stereocenters. The number of aryl methyl sites for hydroxylation is 1. The Bertz CT molecular complexity index is 992. The minimum absolute atomic E-state index is 0.206. The summed E-state index contributed by atoms with van der Waals surface area (Å²) in [6.07, 6.45) is 5.70. The molecule has 0 spiro atoms. The molecule has 1 saturated heterocycles. The number of sulfonamides is 1. The molecule has 1 aliphatic carbocycles. The Balaban J connectivity index is 1.61. The van der Waals surface area contributed by atoms with Crippen molar-refractivity contribution in [2.45, 2.75) is 55.9 Å². The maximum atomic E-state index is 13.2. The lowest BCUT2D eigenvalue weighted by Crippen LogP contribution is -2.50. The summed E-state index contributed by atoms with van der Waals surface area (Å²) in [6.45, 7) is 2.95. The highest BCUT2D eigenvalue weighted by atomic mass is 32.2. The third-order valence-corrected chi connectivity index (χ3v) is 8.19. The van der Waals surface area contributed by atoms with E-state index in [2.05, 4.69) is 5.32 Å². The molecule has 6 heteroatoms. The van der Waals surface area contributed by atoms with Gasteiger partial charge in [-0.1, -0.05) is 42.8 Å². The molecular formula is C23H28N2O3S. The van der Waals surface area contributed by atoms with Crippen molar-refractivity contribution in [1.82, 2.24) is 9.62 Å². The Morgan fingerprint density at radius 2 is 1.66 bits per heavy atom. The van der Waals surface area contributed by atoms with Crippen LogP contribution in [0.3, 0.4) is 0 Å². The normalized spacial score (nSPS) is 19.3. The predicted molar refractivity (Wildman–Crippen MR) is 113 cm³/mol. The van der Waals surface area contributed by atoms with Crippen molar-refractivity contribution in [1.29, 1.82) is 0 Å². The monoisotopic (exact) mass is 412 g/mol. The molecule has 1 heterocycles. The highest BCUT2D eigenvalue weighted by Crippen LogP contribution is 2.41. The average molecular weight is 413 g/mol. The van der Waals surface area contributed by atoms with E-state index in [0.717, 1.165) is 49.7 Å². The number of piperidine rings is 1. The molecule has 2 aromatic rings. The number of nitrogens with zero attached hydrogens (tertiary/aromatic N) is 1. The molecule has 1 aliphatic heterocycles. The zero-order valence-corrected chi connectivity index (χ0v) is 17.7. The zero-order chi connectivity index (χ0) is 20.5. The van der Waals surface area contributed by atoms with E-state index in [1.54, 1.807) is 22.5 Å². The summed E-state index contributed by atoms with van der Waals surface area (Å²) in [6, 6.07) is 14.9. The van der Waals surface area contributed by atoms with Gasteiger partial charge in [0.25, 0.3) is 5.91 Å². The third-order valence-electron chi connectivity index (χ3n) is 6.29. The number of carbonyl (C=O) groups excluding carboxylic acids is 1. The fourth-order valence-corrected chi connectivity index (χ4v) is 5.86. The van der Waals surface area contributed by atoms with Gasteiger partial charge in [-0.05, 0) is 62.3 Å². The van der Waals surface area contributed by atoms with Crippen LogP contribution in [0.5, 0.6) is 0 Å². The topological polar surface area (TPSA) is 66.5 Å². The average Bonchev–Trinajstić information content (AvgIpc) is 2.72. The molecule has 1 saturated carbocycles. The summed E-state index contributed by atoms with van der Waals surface area (Å²) in [5, 5.41) is 3.21. The van der Waals surface area contributed by atoms with E-state index in [4.69, 9.17) is 0 Å². The van der Waals surface area contributed by atoms with E-state index in [1.165, 1.54) is 0 Å². The van der Waals surface area contributed by atoms with E-state index < -0.39 is 10.0 Å². The van der Waals surface area contributed by atoms with Crippen LogP contribution >= 0.6 is 0 Å². The van der Waals surface area contributed by atoms with Gasteiger partial charge in [-0.2, -0.15) is 4.31 Å². The van der Waals surface area contributed by atoms with Crippen LogP contribution in [0.25, 0.3) is 0 Å². The predicted octanol–water partition coefficient (Wildman–Crippen LogP) is 3.98. The van der Waals surface area contributed by atoms with Crippen LogP contribution in [0.15, 0.2) is 53.4 Å². The second-order valence-electron chi connectivity index (χ2n) is 8.20. The maximum absolute atomic E-state index is 13.2. The number of carbonyl (C=O) groups is 1. The molecule has 0 atom stereocenters. The molecule has 0 bridgehead atoms. The molecule has 2 fully saturated rings. The molecule has 154 valence electrons. The quantitative estimate of drug-likeness (QED) is 0.808. The first-order valence-electron chi connectivity index (χ1n) is 10.4. The molecule has 2 aromatic carbocycles. The van der Waals surface area contributed by atoms with Crippen LogP contribution in [0.4, 0.5) is 0 Å². The van der Waals surface area contributed by atoms with Crippen molar-refractivity contribution in [3.63, 3.8) is 0 Å². The zero-order valence-electron chi connectivity index (χ0n) is 16.9. The number of hydrogen-bond acceptors (Lipinski definition) is 3. The van der Waals surface area contributed by atoms with Crippen molar-refractivity contribution in [3.8, 4) is 0 Å². The minimum Gasteiger partial charge on any atom is -0.343 e. The summed E-state index contributed by atoms with van der Waals surface area (Å²) in [5.41, 5.74) is 1.97. The van der Waals surface area contributed by atoms with E-state index in [-0.39, 0.29) is 16.3 Å². The fraction of sp³-hybridized carbons (Fsp3) is 0.435. The van der Waals surface area contributed by atoms with Gasteiger partial charge in [0.15, 0.2) is 0 Å². The maximum Gasteiger partial charge on any atom is 0.252 e. The van der Waals surface area contributed by atoms with Gasteiger partial charge in [-0.15, -0.1) is 0 Å². The van der Waals surface area contributed by atoms with Gasteiger partial charge in [0.2, 0.25) is 10.0 Å². The molecule has 0 radical (unpaired) electrons. The van der Waals surface area contributed by atoms with Crippen LogP contribution in [0.2, 0.25) is 0 Å². The van der Waals surface area contributed by atoms with Crippen molar-refractivity contribution in [2.24, 2.45) is 0 Å². The summed E-state index contributed by atoms with van der Waals surface area (Å²) >= 11 is 0.